The van der Waals surface area contributed by atoms with E-state index in [0.29, 0.717) is 5.75 Å². The van der Waals surface area contributed by atoms with Gasteiger partial charge in [-0.25, -0.2) is 0 Å². The molecule has 19 heavy (non-hydrogen) atoms. The summed E-state index contributed by atoms with van der Waals surface area (Å²) in [6.07, 6.45) is 1.02. The molecule has 0 saturated heterocycles. The first-order chi connectivity index (χ1) is 8.90. The number of carbonyl (C=O) groups excluding carboxylic acids is 1. The summed E-state index contributed by atoms with van der Waals surface area (Å²) in [7, 11) is 0. The van der Waals surface area contributed by atoms with E-state index in [2.05, 4.69) is 25.1 Å². The summed E-state index contributed by atoms with van der Waals surface area (Å²) in [6, 6.07) is 12.1. The van der Waals surface area contributed by atoms with Gasteiger partial charge in [-0.2, -0.15) is 0 Å². The third-order valence-electron chi connectivity index (χ3n) is 3.11. The molecule has 0 bridgehead atoms. The van der Waals surface area contributed by atoms with E-state index in [1.807, 2.05) is 39.0 Å². The summed E-state index contributed by atoms with van der Waals surface area (Å²) >= 11 is 0. The molecule has 0 unspecified atom stereocenters. The van der Waals surface area contributed by atoms with Crippen LogP contribution >= 0.6 is 0 Å². The lowest BCUT2D eigenvalue weighted by atomic mass is 9.97. The van der Waals surface area contributed by atoms with Crippen molar-refractivity contribution in [3.05, 3.63) is 42.0 Å². The lowest BCUT2D eigenvalue weighted by Gasteiger charge is -2.16. The number of hydrogen-bond donors (Lipinski definition) is 0. The van der Waals surface area contributed by atoms with Crippen LogP contribution in [0, 0.1) is 5.41 Å². The van der Waals surface area contributed by atoms with Gasteiger partial charge >= 0.3 is 5.97 Å². The van der Waals surface area contributed by atoms with Gasteiger partial charge in [0.15, 0.2) is 0 Å². The highest BCUT2D eigenvalue weighted by molar-refractivity contribution is 5.86. The van der Waals surface area contributed by atoms with Crippen molar-refractivity contribution in [3.63, 3.8) is 0 Å². The van der Waals surface area contributed by atoms with E-state index < -0.39 is 5.41 Å². The fourth-order valence-corrected chi connectivity index (χ4v) is 1.82. The van der Waals surface area contributed by atoms with Gasteiger partial charge in [-0.15, -0.1) is 0 Å². The largest absolute Gasteiger partial charge is 0.426 e. The smallest absolute Gasteiger partial charge is 0.316 e. The first kappa shape index (κ1) is 13.6. The van der Waals surface area contributed by atoms with Crippen LogP contribution in [0.25, 0.3) is 10.8 Å². The molecule has 2 nitrogen and oxygen atoms in total. The van der Waals surface area contributed by atoms with Crippen LogP contribution < -0.4 is 4.74 Å². The molecular weight excluding hydrogens is 236 g/mol. The van der Waals surface area contributed by atoms with E-state index in [1.54, 1.807) is 0 Å². The molecule has 0 aliphatic heterocycles. The normalized spacial score (nSPS) is 11.6. The van der Waals surface area contributed by atoms with Gasteiger partial charge in [0.25, 0.3) is 0 Å². The summed E-state index contributed by atoms with van der Waals surface area (Å²) in [4.78, 5) is 11.8. The van der Waals surface area contributed by atoms with Crippen LogP contribution in [-0.4, -0.2) is 5.97 Å². The molecule has 0 spiro atoms. The highest BCUT2D eigenvalue weighted by atomic mass is 16.5. The summed E-state index contributed by atoms with van der Waals surface area (Å²) in [6.45, 7) is 7.69. The van der Waals surface area contributed by atoms with Gasteiger partial charge in [-0.3, -0.25) is 4.79 Å². The summed E-state index contributed by atoms with van der Waals surface area (Å²) < 4.78 is 5.40. The van der Waals surface area contributed by atoms with Gasteiger partial charge in [0.1, 0.15) is 5.75 Å². The number of benzene rings is 2. The highest BCUT2D eigenvalue weighted by Gasteiger charge is 2.23. The molecule has 2 rings (SSSR count). The second kappa shape index (κ2) is 5.04. The Bertz CT molecular complexity index is 606. The lowest BCUT2D eigenvalue weighted by Crippen LogP contribution is -2.25. The zero-order valence-corrected chi connectivity index (χ0v) is 12.0. The molecular formula is C17H20O2. The fourth-order valence-electron chi connectivity index (χ4n) is 1.82. The van der Waals surface area contributed by atoms with E-state index in [9.17, 15) is 4.79 Å². The fraction of sp³-hybridized carbons (Fsp3) is 0.353. The molecule has 0 heterocycles. The molecule has 0 radical (unpaired) electrons. The van der Waals surface area contributed by atoms with Crippen molar-refractivity contribution in [2.75, 3.05) is 0 Å². The molecule has 0 N–H and O–H groups in total. The number of aryl methyl sites for hydroxylation is 1. The Kier molecular flexibility index (Phi) is 3.61. The quantitative estimate of drug-likeness (QED) is 0.589. The third kappa shape index (κ3) is 3.14. The predicted molar refractivity (Wildman–Crippen MR) is 78.4 cm³/mol. The van der Waals surface area contributed by atoms with Gasteiger partial charge in [-0.05, 0) is 55.7 Å². The molecule has 0 saturated carbocycles. The maximum atomic E-state index is 11.8. The van der Waals surface area contributed by atoms with E-state index in [-0.39, 0.29) is 5.97 Å². The minimum absolute atomic E-state index is 0.211. The highest BCUT2D eigenvalue weighted by Crippen LogP contribution is 2.24. The molecule has 0 aromatic heterocycles. The minimum atomic E-state index is -0.485. The first-order valence-electron chi connectivity index (χ1n) is 6.65. The van der Waals surface area contributed by atoms with Gasteiger partial charge in [-0.1, -0.05) is 31.2 Å². The van der Waals surface area contributed by atoms with Crippen molar-refractivity contribution in [2.45, 2.75) is 34.1 Å². The molecule has 100 valence electrons. The van der Waals surface area contributed by atoms with Gasteiger partial charge < -0.3 is 4.74 Å². The molecule has 0 aliphatic carbocycles. The lowest BCUT2D eigenvalue weighted by molar-refractivity contribution is -0.142. The zero-order chi connectivity index (χ0) is 14.0. The standard InChI is InChI=1S/C17H20O2/c1-5-12-6-7-14-11-15(9-8-13(14)10-12)19-16(18)17(2,3)4/h6-11H,5H2,1-4H3. The Morgan fingerprint density at radius 2 is 1.68 bits per heavy atom. The number of rotatable bonds is 2. The van der Waals surface area contributed by atoms with Crippen LogP contribution in [0.1, 0.15) is 33.3 Å². The number of fused-ring (bicyclic) bond motifs is 1. The van der Waals surface area contributed by atoms with Crippen molar-refractivity contribution in [2.24, 2.45) is 5.41 Å². The Hall–Kier alpha value is -1.83. The van der Waals surface area contributed by atoms with Crippen molar-refractivity contribution >= 4 is 16.7 Å². The maximum Gasteiger partial charge on any atom is 0.316 e. The average molecular weight is 256 g/mol. The minimum Gasteiger partial charge on any atom is -0.426 e. The van der Waals surface area contributed by atoms with Gasteiger partial charge in [0.2, 0.25) is 0 Å². The number of esters is 1. The first-order valence-corrected chi connectivity index (χ1v) is 6.65. The van der Waals surface area contributed by atoms with E-state index in [0.717, 1.165) is 11.8 Å². The molecule has 0 aliphatic rings. The Morgan fingerprint density at radius 1 is 1.05 bits per heavy atom. The van der Waals surface area contributed by atoms with Crippen molar-refractivity contribution in [3.8, 4) is 5.75 Å². The molecule has 2 heteroatoms. The number of carbonyl (C=O) groups is 1. The van der Waals surface area contributed by atoms with E-state index in [1.165, 1.54) is 10.9 Å². The van der Waals surface area contributed by atoms with Crippen LogP contribution in [0.15, 0.2) is 36.4 Å². The second-order valence-corrected chi connectivity index (χ2v) is 5.84. The van der Waals surface area contributed by atoms with Crippen molar-refractivity contribution in [1.29, 1.82) is 0 Å². The SMILES string of the molecule is CCc1ccc2cc(OC(=O)C(C)(C)C)ccc2c1. The second-order valence-electron chi connectivity index (χ2n) is 5.84. The summed E-state index contributed by atoms with van der Waals surface area (Å²) in [5.41, 5.74) is 0.827. The Morgan fingerprint density at radius 3 is 2.32 bits per heavy atom. The third-order valence-corrected chi connectivity index (χ3v) is 3.11. The number of hydrogen-bond acceptors (Lipinski definition) is 2. The summed E-state index contributed by atoms with van der Waals surface area (Å²) in [5.74, 6) is 0.397. The van der Waals surface area contributed by atoms with E-state index >= 15 is 0 Å². The molecule has 0 fully saturated rings. The van der Waals surface area contributed by atoms with Crippen LogP contribution in [0.4, 0.5) is 0 Å². The molecule has 0 atom stereocenters. The molecule has 2 aromatic rings. The van der Waals surface area contributed by atoms with Crippen LogP contribution in [0.5, 0.6) is 5.75 Å². The predicted octanol–water partition coefficient (Wildman–Crippen LogP) is 4.35. The molecule has 0 amide bonds. The topological polar surface area (TPSA) is 26.3 Å². The molecule has 2 aromatic carbocycles. The average Bonchev–Trinajstić information content (AvgIpc) is 2.37. The van der Waals surface area contributed by atoms with E-state index in [4.69, 9.17) is 4.74 Å². The summed E-state index contributed by atoms with van der Waals surface area (Å²) in [5, 5.41) is 2.27. The van der Waals surface area contributed by atoms with Crippen LogP contribution in [0.3, 0.4) is 0 Å². The number of ether oxygens (including phenoxy) is 1. The van der Waals surface area contributed by atoms with Crippen LogP contribution in [-0.2, 0) is 11.2 Å². The Labute approximate surface area is 114 Å². The van der Waals surface area contributed by atoms with Gasteiger partial charge in [0, 0.05) is 0 Å². The Balaban J connectivity index is 2.30. The van der Waals surface area contributed by atoms with Crippen LogP contribution in [0.2, 0.25) is 0 Å². The van der Waals surface area contributed by atoms with Crippen molar-refractivity contribution < 1.29 is 9.53 Å². The maximum absolute atomic E-state index is 11.8. The zero-order valence-electron chi connectivity index (χ0n) is 12.0. The monoisotopic (exact) mass is 256 g/mol. The van der Waals surface area contributed by atoms with Gasteiger partial charge in [0.05, 0.1) is 5.41 Å². The van der Waals surface area contributed by atoms with Crippen molar-refractivity contribution in [1.82, 2.24) is 0 Å².